The topological polar surface area (TPSA) is 57.6 Å². The van der Waals surface area contributed by atoms with Crippen molar-refractivity contribution in [2.45, 2.75) is 32.6 Å². The smallest absolute Gasteiger partial charge is 0.299 e. The van der Waals surface area contributed by atoms with Gasteiger partial charge in [-0.3, -0.25) is 9.59 Å². The number of rotatable bonds is 6. The number of hydrogen-bond acceptors (Lipinski definition) is 3. The van der Waals surface area contributed by atoms with Crippen LogP contribution in [0.15, 0.2) is 18.2 Å². The molecule has 1 aliphatic heterocycles. The quantitative estimate of drug-likeness (QED) is 0.629. The standard InChI is InChI=1S/C15H19NO3/c1-2-11-6-7-13-12(10-11)14(18)15(19)16(13)8-4-3-5-9-17/h6-7,10,17H,2-5,8-9H2,1H3. The fourth-order valence-electron chi connectivity index (χ4n) is 2.35. The summed E-state index contributed by atoms with van der Waals surface area (Å²) in [5, 5.41) is 8.73. The van der Waals surface area contributed by atoms with Crippen LogP contribution in [-0.4, -0.2) is 29.9 Å². The number of benzene rings is 1. The molecule has 1 aromatic carbocycles. The first-order valence-electron chi connectivity index (χ1n) is 6.79. The molecule has 102 valence electrons. The third-order valence-electron chi connectivity index (χ3n) is 3.48. The third kappa shape index (κ3) is 2.68. The highest BCUT2D eigenvalue weighted by Gasteiger charge is 2.35. The second-order valence-electron chi connectivity index (χ2n) is 4.78. The van der Waals surface area contributed by atoms with Gasteiger partial charge in [0.15, 0.2) is 0 Å². The molecule has 1 heterocycles. The Hall–Kier alpha value is -1.68. The Balaban J connectivity index is 2.15. The molecule has 1 amide bonds. The number of carbonyl (C=O) groups is 2. The van der Waals surface area contributed by atoms with Gasteiger partial charge in [0.1, 0.15) is 0 Å². The molecule has 0 saturated carbocycles. The lowest BCUT2D eigenvalue weighted by Crippen LogP contribution is -2.30. The molecule has 0 aliphatic carbocycles. The summed E-state index contributed by atoms with van der Waals surface area (Å²) in [5.41, 5.74) is 2.34. The molecule has 1 N–H and O–H groups in total. The Bertz CT molecular complexity index is 496. The normalized spacial score (nSPS) is 14.1. The Kier molecular flexibility index (Phi) is 4.32. The summed E-state index contributed by atoms with van der Waals surface area (Å²) in [7, 11) is 0. The van der Waals surface area contributed by atoms with Crippen molar-refractivity contribution in [3.63, 3.8) is 0 Å². The van der Waals surface area contributed by atoms with Crippen LogP contribution in [0.4, 0.5) is 5.69 Å². The summed E-state index contributed by atoms with van der Waals surface area (Å²) in [6.45, 7) is 2.74. The van der Waals surface area contributed by atoms with E-state index in [0.717, 1.165) is 36.9 Å². The average molecular weight is 261 g/mol. The van der Waals surface area contributed by atoms with Crippen LogP contribution < -0.4 is 4.90 Å². The van der Waals surface area contributed by atoms with E-state index in [1.54, 1.807) is 4.90 Å². The van der Waals surface area contributed by atoms with E-state index in [4.69, 9.17) is 5.11 Å². The number of amides is 1. The third-order valence-corrected chi connectivity index (χ3v) is 3.48. The summed E-state index contributed by atoms with van der Waals surface area (Å²) < 4.78 is 0. The highest BCUT2D eigenvalue weighted by atomic mass is 16.3. The summed E-state index contributed by atoms with van der Waals surface area (Å²) >= 11 is 0. The Morgan fingerprint density at radius 2 is 1.95 bits per heavy atom. The number of anilines is 1. The molecular weight excluding hydrogens is 242 g/mol. The summed E-state index contributed by atoms with van der Waals surface area (Å²) in [5.74, 6) is -0.820. The van der Waals surface area contributed by atoms with Crippen molar-refractivity contribution in [1.82, 2.24) is 0 Å². The number of carbonyl (C=O) groups excluding carboxylic acids is 2. The minimum atomic E-state index is -0.424. The number of aryl methyl sites for hydroxylation is 1. The number of unbranched alkanes of at least 4 members (excludes halogenated alkanes) is 2. The maximum atomic E-state index is 12.0. The monoisotopic (exact) mass is 261 g/mol. The SMILES string of the molecule is CCc1ccc2c(c1)C(=O)C(=O)N2CCCCCO. The molecule has 0 aromatic heterocycles. The number of ketones is 1. The lowest BCUT2D eigenvalue weighted by Gasteiger charge is -2.16. The lowest BCUT2D eigenvalue weighted by atomic mass is 10.1. The van der Waals surface area contributed by atoms with Gasteiger partial charge in [0.05, 0.1) is 11.3 Å². The molecule has 2 rings (SSSR count). The summed E-state index contributed by atoms with van der Waals surface area (Å²) in [6.07, 6.45) is 3.24. The minimum absolute atomic E-state index is 0.170. The molecule has 0 atom stereocenters. The number of hydrogen-bond donors (Lipinski definition) is 1. The van der Waals surface area contributed by atoms with E-state index in [1.165, 1.54) is 0 Å². The first kappa shape index (κ1) is 13.7. The predicted octanol–water partition coefficient (Wildman–Crippen LogP) is 1.94. The zero-order valence-corrected chi connectivity index (χ0v) is 11.2. The highest BCUT2D eigenvalue weighted by Crippen LogP contribution is 2.30. The van der Waals surface area contributed by atoms with E-state index in [9.17, 15) is 9.59 Å². The van der Waals surface area contributed by atoms with Gasteiger partial charge in [-0.25, -0.2) is 0 Å². The van der Waals surface area contributed by atoms with Crippen LogP contribution in [0, 0.1) is 0 Å². The van der Waals surface area contributed by atoms with Gasteiger partial charge in [0.2, 0.25) is 0 Å². The van der Waals surface area contributed by atoms with E-state index in [1.807, 2.05) is 25.1 Å². The molecular formula is C15H19NO3. The van der Waals surface area contributed by atoms with Crippen LogP contribution in [0.5, 0.6) is 0 Å². The molecule has 0 fully saturated rings. The van der Waals surface area contributed by atoms with Crippen LogP contribution >= 0.6 is 0 Å². The average Bonchev–Trinajstić information content (AvgIpc) is 2.67. The first-order chi connectivity index (χ1) is 9.19. The molecule has 19 heavy (non-hydrogen) atoms. The molecule has 0 spiro atoms. The van der Waals surface area contributed by atoms with Crippen LogP contribution in [0.2, 0.25) is 0 Å². The van der Waals surface area contributed by atoms with E-state index < -0.39 is 11.7 Å². The van der Waals surface area contributed by atoms with Gasteiger partial charge in [-0.05, 0) is 43.4 Å². The molecule has 0 saturated heterocycles. The Morgan fingerprint density at radius 3 is 2.63 bits per heavy atom. The Labute approximate surface area is 113 Å². The minimum Gasteiger partial charge on any atom is -0.396 e. The van der Waals surface area contributed by atoms with Crippen LogP contribution in [0.25, 0.3) is 0 Å². The molecule has 0 radical (unpaired) electrons. The predicted molar refractivity (Wildman–Crippen MR) is 73.4 cm³/mol. The number of aliphatic hydroxyl groups is 1. The number of aliphatic hydroxyl groups excluding tert-OH is 1. The second kappa shape index (κ2) is 5.97. The number of Topliss-reactive ketones (excluding diaryl/α,β-unsaturated/α-hetero) is 1. The fourth-order valence-corrected chi connectivity index (χ4v) is 2.35. The van der Waals surface area contributed by atoms with Crippen molar-refractivity contribution in [1.29, 1.82) is 0 Å². The molecule has 0 unspecified atom stereocenters. The molecule has 4 nitrogen and oxygen atoms in total. The van der Waals surface area contributed by atoms with Crippen molar-refractivity contribution in [3.05, 3.63) is 29.3 Å². The second-order valence-corrected chi connectivity index (χ2v) is 4.78. The zero-order valence-electron chi connectivity index (χ0n) is 11.2. The lowest BCUT2D eigenvalue weighted by molar-refractivity contribution is -0.114. The van der Waals surface area contributed by atoms with Gasteiger partial charge in [-0.2, -0.15) is 0 Å². The van der Waals surface area contributed by atoms with Crippen molar-refractivity contribution in [2.24, 2.45) is 0 Å². The van der Waals surface area contributed by atoms with Crippen molar-refractivity contribution in [3.8, 4) is 0 Å². The van der Waals surface area contributed by atoms with Crippen LogP contribution in [0.3, 0.4) is 0 Å². The Morgan fingerprint density at radius 1 is 1.16 bits per heavy atom. The fraction of sp³-hybridized carbons (Fsp3) is 0.467. The summed E-state index contributed by atoms with van der Waals surface area (Å²) in [4.78, 5) is 25.4. The van der Waals surface area contributed by atoms with E-state index in [2.05, 4.69) is 0 Å². The molecule has 0 bridgehead atoms. The number of nitrogens with zero attached hydrogens (tertiary/aromatic N) is 1. The molecule has 1 aromatic rings. The van der Waals surface area contributed by atoms with Crippen molar-refractivity contribution < 1.29 is 14.7 Å². The van der Waals surface area contributed by atoms with Gasteiger partial charge >= 0.3 is 0 Å². The highest BCUT2D eigenvalue weighted by molar-refractivity contribution is 6.52. The van der Waals surface area contributed by atoms with Gasteiger partial charge in [0, 0.05) is 13.2 Å². The van der Waals surface area contributed by atoms with Crippen molar-refractivity contribution in [2.75, 3.05) is 18.1 Å². The van der Waals surface area contributed by atoms with E-state index in [-0.39, 0.29) is 6.61 Å². The molecule has 1 aliphatic rings. The van der Waals surface area contributed by atoms with E-state index in [0.29, 0.717) is 12.1 Å². The van der Waals surface area contributed by atoms with Gasteiger partial charge < -0.3 is 10.0 Å². The number of fused-ring (bicyclic) bond motifs is 1. The maximum absolute atomic E-state index is 12.0. The van der Waals surface area contributed by atoms with Gasteiger partial charge in [0.25, 0.3) is 11.7 Å². The molecule has 4 heteroatoms. The van der Waals surface area contributed by atoms with Crippen LogP contribution in [-0.2, 0) is 11.2 Å². The maximum Gasteiger partial charge on any atom is 0.299 e. The van der Waals surface area contributed by atoms with Crippen molar-refractivity contribution >= 4 is 17.4 Å². The van der Waals surface area contributed by atoms with E-state index >= 15 is 0 Å². The first-order valence-corrected chi connectivity index (χ1v) is 6.79. The van der Waals surface area contributed by atoms with Gasteiger partial charge in [-0.15, -0.1) is 0 Å². The van der Waals surface area contributed by atoms with Crippen LogP contribution in [0.1, 0.15) is 42.1 Å². The largest absolute Gasteiger partial charge is 0.396 e. The van der Waals surface area contributed by atoms with Gasteiger partial charge in [-0.1, -0.05) is 13.0 Å². The zero-order chi connectivity index (χ0) is 13.8. The summed E-state index contributed by atoms with van der Waals surface area (Å²) in [6, 6.07) is 5.65.